The molecule has 74 valence electrons. The SMILES string of the molecule is O=[N+]([O-])c1cc[n+]([O-])cc1C=CCS. The number of hydrogen-bond donors (Lipinski definition) is 1. The lowest BCUT2D eigenvalue weighted by atomic mass is 10.2. The molecule has 0 spiro atoms. The lowest BCUT2D eigenvalue weighted by Gasteiger charge is -1.98. The first-order valence-electron chi connectivity index (χ1n) is 3.79. The molecule has 5 nitrogen and oxygen atoms in total. The summed E-state index contributed by atoms with van der Waals surface area (Å²) < 4.78 is 0.519. The zero-order chi connectivity index (χ0) is 10.6. The van der Waals surface area contributed by atoms with Crippen molar-refractivity contribution in [3.8, 4) is 0 Å². The molecule has 14 heavy (non-hydrogen) atoms. The van der Waals surface area contributed by atoms with Crippen LogP contribution in [0.15, 0.2) is 24.5 Å². The number of pyridine rings is 1. The minimum absolute atomic E-state index is 0.0878. The van der Waals surface area contributed by atoms with Gasteiger partial charge in [0.05, 0.1) is 11.0 Å². The van der Waals surface area contributed by atoms with Crippen LogP contribution < -0.4 is 4.73 Å². The summed E-state index contributed by atoms with van der Waals surface area (Å²) >= 11 is 3.92. The van der Waals surface area contributed by atoms with E-state index in [1.54, 1.807) is 6.08 Å². The van der Waals surface area contributed by atoms with Gasteiger partial charge in [0.25, 0.3) is 5.69 Å². The van der Waals surface area contributed by atoms with Gasteiger partial charge in [0, 0.05) is 5.75 Å². The van der Waals surface area contributed by atoms with E-state index in [0.29, 0.717) is 10.5 Å². The lowest BCUT2D eigenvalue weighted by molar-refractivity contribution is -0.606. The predicted molar refractivity (Wildman–Crippen MR) is 54.9 cm³/mol. The van der Waals surface area contributed by atoms with Gasteiger partial charge < -0.3 is 5.21 Å². The topological polar surface area (TPSA) is 70.1 Å². The molecule has 1 rings (SSSR count). The molecule has 1 aromatic rings. The van der Waals surface area contributed by atoms with E-state index in [1.165, 1.54) is 12.1 Å². The number of aromatic nitrogens is 1. The highest BCUT2D eigenvalue weighted by Gasteiger charge is 2.13. The molecule has 0 aromatic carbocycles. The Morgan fingerprint density at radius 1 is 1.64 bits per heavy atom. The number of nitrogens with zero attached hydrogens (tertiary/aromatic N) is 2. The maximum atomic E-state index is 10.9. The quantitative estimate of drug-likeness (QED) is 0.269. The van der Waals surface area contributed by atoms with E-state index in [4.69, 9.17) is 0 Å². The molecule has 1 heterocycles. The third-order valence-corrected chi connectivity index (χ3v) is 1.75. The molecule has 0 aliphatic carbocycles. The van der Waals surface area contributed by atoms with E-state index in [9.17, 15) is 15.3 Å². The van der Waals surface area contributed by atoms with Crippen molar-refractivity contribution >= 4 is 24.4 Å². The van der Waals surface area contributed by atoms with E-state index >= 15 is 0 Å². The Balaban J connectivity index is 3.15. The van der Waals surface area contributed by atoms with Crippen LogP contribution >= 0.6 is 12.6 Å². The summed E-state index contributed by atoms with van der Waals surface area (Å²) in [5.41, 5.74) is 0.191. The second-order valence-corrected chi connectivity index (χ2v) is 2.85. The van der Waals surface area contributed by atoms with Crippen LogP contribution in [0.1, 0.15) is 5.56 Å². The van der Waals surface area contributed by atoms with Crippen LogP contribution in [0.4, 0.5) is 5.69 Å². The van der Waals surface area contributed by atoms with Gasteiger partial charge in [-0.3, -0.25) is 10.1 Å². The Hall–Kier alpha value is -1.56. The fourth-order valence-corrected chi connectivity index (χ4v) is 1.07. The van der Waals surface area contributed by atoms with Gasteiger partial charge >= 0.3 is 0 Å². The summed E-state index contributed by atoms with van der Waals surface area (Å²) in [4.78, 5) is 10.0. The highest BCUT2D eigenvalue weighted by Crippen LogP contribution is 2.16. The lowest BCUT2D eigenvalue weighted by Crippen LogP contribution is -2.24. The molecule has 1 aromatic heterocycles. The normalized spacial score (nSPS) is 10.6. The van der Waals surface area contributed by atoms with Gasteiger partial charge in [0.1, 0.15) is 5.56 Å². The fraction of sp³-hybridized carbons (Fsp3) is 0.125. The molecule has 6 heteroatoms. The van der Waals surface area contributed by atoms with Crippen molar-refractivity contribution in [3.63, 3.8) is 0 Å². The largest absolute Gasteiger partial charge is 0.619 e. The van der Waals surface area contributed by atoms with Crippen LogP contribution in [0.3, 0.4) is 0 Å². The van der Waals surface area contributed by atoms with Crippen molar-refractivity contribution in [1.82, 2.24) is 0 Å². The average molecular weight is 212 g/mol. The van der Waals surface area contributed by atoms with Crippen molar-refractivity contribution < 1.29 is 9.65 Å². The molecule has 0 aliphatic heterocycles. The molecule has 0 amide bonds. The van der Waals surface area contributed by atoms with E-state index < -0.39 is 4.92 Å². The van der Waals surface area contributed by atoms with Crippen LogP contribution in [0, 0.1) is 15.3 Å². The predicted octanol–water partition coefficient (Wildman–Crippen LogP) is 1.17. The van der Waals surface area contributed by atoms with Crippen molar-refractivity contribution in [2.75, 3.05) is 5.75 Å². The third-order valence-electron chi connectivity index (χ3n) is 1.54. The summed E-state index contributed by atoms with van der Waals surface area (Å²) in [7, 11) is 0. The molecule has 0 bridgehead atoms. The average Bonchev–Trinajstić information content (AvgIpc) is 2.14. The Morgan fingerprint density at radius 3 is 2.93 bits per heavy atom. The van der Waals surface area contributed by atoms with Gasteiger partial charge in [-0.2, -0.15) is 17.4 Å². The van der Waals surface area contributed by atoms with Gasteiger partial charge in [-0.05, 0) is 6.08 Å². The molecule has 0 N–H and O–H groups in total. The van der Waals surface area contributed by atoms with Crippen molar-refractivity contribution in [2.45, 2.75) is 0 Å². The molecule has 0 aliphatic rings. The summed E-state index contributed by atoms with van der Waals surface area (Å²) in [5, 5.41) is 21.4. The zero-order valence-corrected chi connectivity index (χ0v) is 8.05. The zero-order valence-electron chi connectivity index (χ0n) is 7.16. The number of rotatable bonds is 3. The number of thiol groups is 1. The maximum Gasteiger partial charge on any atom is 0.288 e. The first kappa shape index (κ1) is 10.5. The summed E-state index contributed by atoms with van der Waals surface area (Å²) in [5.74, 6) is 0.463. The van der Waals surface area contributed by atoms with Crippen molar-refractivity contribution in [1.29, 1.82) is 0 Å². The number of hydrogen-bond acceptors (Lipinski definition) is 4. The van der Waals surface area contributed by atoms with Crippen LogP contribution in [-0.4, -0.2) is 10.7 Å². The minimum Gasteiger partial charge on any atom is -0.619 e. The standard InChI is InChI=1S/C8H8N2O3S/c11-9-4-3-8(10(12)13)7(6-9)2-1-5-14/h1-4,6,14H,5H2. The molecule has 0 radical (unpaired) electrons. The molecule has 0 saturated carbocycles. The van der Waals surface area contributed by atoms with Crippen LogP contribution in [0.5, 0.6) is 0 Å². The molecule has 0 atom stereocenters. The van der Waals surface area contributed by atoms with E-state index in [-0.39, 0.29) is 11.3 Å². The Labute approximate surface area is 85.8 Å². The fourth-order valence-electron chi connectivity index (χ4n) is 0.961. The van der Waals surface area contributed by atoms with E-state index in [2.05, 4.69) is 12.6 Å². The van der Waals surface area contributed by atoms with Crippen LogP contribution in [-0.2, 0) is 0 Å². The second-order valence-electron chi connectivity index (χ2n) is 2.49. The van der Waals surface area contributed by atoms with Gasteiger partial charge in [-0.25, -0.2) is 0 Å². The Bertz CT molecular complexity index is 379. The third kappa shape index (κ3) is 2.46. The second kappa shape index (κ2) is 4.61. The van der Waals surface area contributed by atoms with Gasteiger partial charge in [0.15, 0.2) is 12.4 Å². The Morgan fingerprint density at radius 2 is 2.36 bits per heavy atom. The molecular formula is C8H8N2O3S. The first-order chi connectivity index (χ1) is 6.65. The number of nitro groups is 1. The van der Waals surface area contributed by atoms with Crippen LogP contribution in [0.2, 0.25) is 0 Å². The summed E-state index contributed by atoms with van der Waals surface area (Å²) in [6.45, 7) is 0. The molecule has 0 saturated heterocycles. The molecule has 0 unspecified atom stereocenters. The monoisotopic (exact) mass is 212 g/mol. The highest BCUT2D eigenvalue weighted by molar-refractivity contribution is 7.80. The maximum absolute atomic E-state index is 10.9. The molecule has 0 fully saturated rings. The summed E-state index contributed by atoms with van der Waals surface area (Å²) in [6, 6.07) is 1.17. The molecular weight excluding hydrogens is 204 g/mol. The van der Waals surface area contributed by atoms with Crippen molar-refractivity contribution in [2.24, 2.45) is 0 Å². The van der Waals surface area contributed by atoms with Gasteiger partial charge in [-0.1, -0.05) is 6.08 Å². The van der Waals surface area contributed by atoms with E-state index in [0.717, 1.165) is 12.4 Å². The first-order valence-corrected chi connectivity index (χ1v) is 4.43. The highest BCUT2D eigenvalue weighted by atomic mass is 32.1. The van der Waals surface area contributed by atoms with Crippen LogP contribution in [0.25, 0.3) is 6.08 Å². The smallest absolute Gasteiger partial charge is 0.288 e. The van der Waals surface area contributed by atoms with Gasteiger partial charge in [-0.15, -0.1) is 0 Å². The Kier molecular flexibility index (Phi) is 3.47. The van der Waals surface area contributed by atoms with Gasteiger partial charge in [0.2, 0.25) is 0 Å². The van der Waals surface area contributed by atoms with E-state index in [1.807, 2.05) is 0 Å². The summed E-state index contributed by atoms with van der Waals surface area (Å²) in [6.07, 6.45) is 5.37. The van der Waals surface area contributed by atoms with Crippen molar-refractivity contribution in [3.05, 3.63) is 45.4 Å². The minimum atomic E-state index is -0.530.